The highest BCUT2D eigenvalue weighted by Gasteiger charge is 2.25. The summed E-state index contributed by atoms with van der Waals surface area (Å²) in [6, 6.07) is 17.3. The molecule has 0 unspecified atom stereocenters. The highest BCUT2D eigenvalue weighted by atomic mass is 16.3. The van der Waals surface area contributed by atoms with E-state index in [1.54, 1.807) is 0 Å². The number of carbonyl (C=O) groups is 2. The maximum Gasteiger partial charge on any atom is 0.254 e. The van der Waals surface area contributed by atoms with Gasteiger partial charge < -0.3 is 14.6 Å². The summed E-state index contributed by atoms with van der Waals surface area (Å²) >= 11 is 0. The van der Waals surface area contributed by atoms with Crippen LogP contribution in [0.4, 0.5) is 5.69 Å². The van der Waals surface area contributed by atoms with Crippen LogP contribution in [-0.4, -0.2) is 23.3 Å². The zero-order chi connectivity index (χ0) is 21.3. The summed E-state index contributed by atoms with van der Waals surface area (Å²) in [6.45, 7) is 6.91. The first kappa shape index (κ1) is 20.0. The summed E-state index contributed by atoms with van der Waals surface area (Å²) < 4.78 is 6.10. The molecule has 0 radical (unpaired) electrons. The number of nitrogens with one attached hydrogen (secondary N) is 1. The molecular weight excluding hydrogens is 376 g/mol. The molecule has 2 amide bonds. The van der Waals surface area contributed by atoms with Gasteiger partial charge in [0, 0.05) is 47.8 Å². The second kappa shape index (κ2) is 8.19. The smallest absolute Gasteiger partial charge is 0.254 e. The lowest BCUT2D eigenvalue weighted by Crippen LogP contribution is -2.35. The lowest BCUT2D eigenvalue weighted by atomic mass is 10.1. The number of anilines is 1. The molecule has 5 nitrogen and oxygen atoms in total. The van der Waals surface area contributed by atoms with Crippen LogP contribution in [0.5, 0.6) is 0 Å². The number of carbonyl (C=O) groups excluding carboxylic acids is 2. The molecule has 0 aliphatic carbocycles. The summed E-state index contributed by atoms with van der Waals surface area (Å²) in [5, 5.41) is 2.92. The Labute approximate surface area is 176 Å². The van der Waals surface area contributed by atoms with Gasteiger partial charge in [-0.3, -0.25) is 9.59 Å². The number of hydrogen-bond donors (Lipinski definition) is 1. The third-order valence-corrected chi connectivity index (χ3v) is 5.39. The van der Waals surface area contributed by atoms with Crippen LogP contribution in [0.1, 0.15) is 41.1 Å². The number of amides is 2. The Hall–Kier alpha value is -3.34. The minimum Gasteiger partial charge on any atom is -0.461 e. The molecule has 0 saturated heterocycles. The quantitative estimate of drug-likeness (QED) is 0.664. The Balaban J connectivity index is 1.52. The lowest BCUT2D eigenvalue weighted by molar-refractivity contribution is -0.118. The van der Waals surface area contributed by atoms with E-state index in [2.05, 4.69) is 5.32 Å². The van der Waals surface area contributed by atoms with E-state index in [1.165, 1.54) is 0 Å². The third kappa shape index (κ3) is 4.15. The van der Waals surface area contributed by atoms with Crippen molar-refractivity contribution < 1.29 is 14.0 Å². The molecule has 30 heavy (non-hydrogen) atoms. The molecule has 2 aromatic carbocycles. The van der Waals surface area contributed by atoms with Crippen LogP contribution >= 0.6 is 0 Å². The molecule has 1 aliphatic rings. The minimum atomic E-state index is -0.0818. The largest absolute Gasteiger partial charge is 0.461 e. The average molecular weight is 402 g/mol. The highest BCUT2D eigenvalue weighted by molar-refractivity contribution is 5.94. The number of rotatable bonds is 4. The van der Waals surface area contributed by atoms with Gasteiger partial charge in [0.05, 0.1) is 0 Å². The number of hydrogen-bond acceptors (Lipinski definition) is 3. The van der Waals surface area contributed by atoms with Crippen molar-refractivity contribution in [3.05, 3.63) is 77.0 Å². The molecule has 0 fully saturated rings. The molecule has 1 N–H and O–H groups in total. The molecule has 0 bridgehead atoms. The van der Waals surface area contributed by atoms with Crippen molar-refractivity contribution in [2.45, 2.75) is 33.7 Å². The van der Waals surface area contributed by atoms with Gasteiger partial charge in [0.15, 0.2) is 0 Å². The van der Waals surface area contributed by atoms with Crippen LogP contribution in [0.15, 0.2) is 59.0 Å². The normalized spacial score (nSPS) is 13.3. The first-order valence-corrected chi connectivity index (χ1v) is 10.3. The second-order valence-corrected chi connectivity index (χ2v) is 8.13. The first-order chi connectivity index (χ1) is 14.4. The van der Waals surface area contributed by atoms with Gasteiger partial charge in [-0.25, -0.2) is 0 Å². The standard InChI is InChI=1S/C25H26N2O3/c1-16(2)24(28)26-21-6-4-5-19(13-21)23-14-20-15-27(12-11-22(20)30-23)25(29)18-9-7-17(3)8-10-18/h4-10,13-14,16H,11-12,15H2,1-3H3,(H,26,28). The van der Waals surface area contributed by atoms with Gasteiger partial charge in [0.1, 0.15) is 11.5 Å². The van der Waals surface area contributed by atoms with E-state index in [1.807, 2.05) is 80.3 Å². The fourth-order valence-corrected chi connectivity index (χ4v) is 3.56. The summed E-state index contributed by atoms with van der Waals surface area (Å²) in [6.07, 6.45) is 0.691. The average Bonchev–Trinajstić information content (AvgIpc) is 3.17. The van der Waals surface area contributed by atoms with Crippen molar-refractivity contribution >= 4 is 17.5 Å². The highest BCUT2D eigenvalue weighted by Crippen LogP contribution is 2.31. The van der Waals surface area contributed by atoms with Crippen molar-refractivity contribution in [3.8, 4) is 11.3 Å². The van der Waals surface area contributed by atoms with Gasteiger partial charge in [-0.15, -0.1) is 0 Å². The van der Waals surface area contributed by atoms with Crippen molar-refractivity contribution in [2.75, 3.05) is 11.9 Å². The fourth-order valence-electron chi connectivity index (χ4n) is 3.56. The zero-order valence-electron chi connectivity index (χ0n) is 17.6. The Kier molecular flexibility index (Phi) is 5.44. The molecule has 4 rings (SSSR count). The van der Waals surface area contributed by atoms with Crippen molar-refractivity contribution in [2.24, 2.45) is 5.92 Å². The monoisotopic (exact) mass is 402 g/mol. The minimum absolute atomic E-state index is 0.0175. The molecule has 154 valence electrons. The molecule has 1 aromatic heterocycles. The molecule has 3 aromatic rings. The predicted octanol–water partition coefficient (Wildman–Crippen LogP) is 5.05. The van der Waals surface area contributed by atoms with Crippen LogP contribution in [0.3, 0.4) is 0 Å². The molecule has 0 spiro atoms. The zero-order valence-corrected chi connectivity index (χ0v) is 17.6. The summed E-state index contributed by atoms with van der Waals surface area (Å²) in [5.74, 6) is 1.62. The van der Waals surface area contributed by atoms with Crippen molar-refractivity contribution in [1.82, 2.24) is 4.90 Å². The van der Waals surface area contributed by atoms with Crippen molar-refractivity contribution in [1.29, 1.82) is 0 Å². The Morgan fingerprint density at radius 1 is 1.07 bits per heavy atom. The van der Waals surface area contributed by atoms with Gasteiger partial charge in [-0.05, 0) is 37.3 Å². The molecule has 2 heterocycles. The summed E-state index contributed by atoms with van der Waals surface area (Å²) in [7, 11) is 0. The van der Waals surface area contributed by atoms with E-state index in [0.717, 1.165) is 33.9 Å². The van der Waals surface area contributed by atoms with Gasteiger partial charge in [-0.2, -0.15) is 0 Å². The first-order valence-electron chi connectivity index (χ1n) is 10.3. The van der Waals surface area contributed by atoms with E-state index in [9.17, 15) is 9.59 Å². The van der Waals surface area contributed by atoms with Crippen LogP contribution in [0, 0.1) is 12.8 Å². The van der Waals surface area contributed by atoms with Crippen LogP contribution in [-0.2, 0) is 17.8 Å². The van der Waals surface area contributed by atoms with E-state index >= 15 is 0 Å². The van der Waals surface area contributed by atoms with Crippen molar-refractivity contribution in [3.63, 3.8) is 0 Å². The maximum atomic E-state index is 12.9. The number of nitrogens with zero attached hydrogens (tertiary/aromatic N) is 1. The van der Waals surface area contributed by atoms with Gasteiger partial charge in [-0.1, -0.05) is 43.7 Å². The van der Waals surface area contributed by atoms with E-state index < -0.39 is 0 Å². The van der Waals surface area contributed by atoms with Crippen LogP contribution in [0.25, 0.3) is 11.3 Å². The number of furan rings is 1. The number of aryl methyl sites for hydroxylation is 1. The van der Waals surface area contributed by atoms with Gasteiger partial charge in [0.2, 0.25) is 5.91 Å². The Morgan fingerprint density at radius 2 is 1.83 bits per heavy atom. The molecule has 0 saturated carbocycles. The fraction of sp³-hybridized carbons (Fsp3) is 0.280. The van der Waals surface area contributed by atoms with E-state index in [4.69, 9.17) is 4.42 Å². The Bertz CT molecular complexity index is 1080. The number of fused-ring (bicyclic) bond motifs is 1. The lowest BCUT2D eigenvalue weighted by Gasteiger charge is -2.26. The van der Waals surface area contributed by atoms with Crippen LogP contribution < -0.4 is 5.32 Å². The third-order valence-electron chi connectivity index (χ3n) is 5.39. The van der Waals surface area contributed by atoms with Gasteiger partial charge in [0.25, 0.3) is 5.91 Å². The summed E-state index contributed by atoms with van der Waals surface area (Å²) in [4.78, 5) is 26.7. The summed E-state index contributed by atoms with van der Waals surface area (Å²) in [5.41, 5.74) is 4.53. The van der Waals surface area contributed by atoms with Gasteiger partial charge >= 0.3 is 0 Å². The van der Waals surface area contributed by atoms with E-state index in [0.29, 0.717) is 25.1 Å². The molecular formula is C25H26N2O3. The molecule has 1 aliphatic heterocycles. The topological polar surface area (TPSA) is 62.6 Å². The molecule has 0 atom stereocenters. The molecule has 5 heteroatoms. The van der Waals surface area contributed by atoms with E-state index in [-0.39, 0.29) is 17.7 Å². The SMILES string of the molecule is Cc1ccc(C(=O)N2CCc3oc(-c4cccc(NC(=O)C(C)C)c4)cc3C2)cc1. The van der Waals surface area contributed by atoms with Crippen LogP contribution in [0.2, 0.25) is 0 Å². The maximum absolute atomic E-state index is 12.9. The Morgan fingerprint density at radius 3 is 2.57 bits per heavy atom. The predicted molar refractivity (Wildman–Crippen MR) is 117 cm³/mol. The second-order valence-electron chi connectivity index (χ2n) is 8.13. The number of benzene rings is 2.